The minimum atomic E-state index is -0.863. The van der Waals surface area contributed by atoms with E-state index in [-0.39, 0.29) is 18.1 Å². The van der Waals surface area contributed by atoms with Crippen molar-refractivity contribution in [3.8, 4) is 11.8 Å². The first kappa shape index (κ1) is 13.7. The lowest BCUT2D eigenvalue weighted by Gasteiger charge is -2.06. The Morgan fingerprint density at radius 1 is 1.15 bits per heavy atom. The summed E-state index contributed by atoms with van der Waals surface area (Å²) in [7, 11) is 0. The number of halogens is 2. The van der Waals surface area contributed by atoms with Crippen LogP contribution >= 0.6 is 0 Å². The van der Waals surface area contributed by atoms with Crippen molar-refractivity contribution in [3.05, 3.63) is 65.2 Å². The molecule has 0 aliphatic carbocycles. The number of ketones is 1. The molecule has 0 heterocycles. The number of carbonyl (C=O) groups is 1. The standard InChI is InChI=1S/C15H9F2NO2/c16-12-5-6-15(13(17)7-12)20-9-14(19)11-3-1-10(8-18)2-4-11/h1-7H,9H2. The van der Waals surface area contributed by atoms with E-state index in [9.17, 15) is 13.6 Å². The predicted molar refractivity (Wildman–Crippen MR) is 67.3 cm³/mol. The Labute approximate surface area is 114 Å². The third-order valence-electron chi connectivity index (χ3n) is 2.59. The lowest BCUT2D eigenvalue weighted by atomic mass is 10.1. The molecule has 0 saturated heterocycles. The molecule has 0 saturated carbocycles. The molecule has 0 unspecified atom stereocenters. The first-order valence-electron chi connectivity index (χ1n) is 5.71. The van der Waals surface area contributed by atoms with Gasteiger partial charge in [0.25, 0.3) is 0 Å². The maximum atomic E-state index is 13.3. The van der Waals surface area contributed by atoms with Gasteiger partial charge in [0.15, 0.2) is 24.0 Å². The molecule has 0 atom stereocenters. The molecular weight excluding hydrogens is 264 g/mol. The summed E-state index contributed by atoms with van der Waals surface area (Å²) in [6.45, 7) is -0.367. The number of benzene rings is 2. The van der Waals surface area contributed by atoms with Crippen LogP contribution < -0.4 is 4.74 Å². The maximum Gasteiger partial charge on any atom is 0.200 e. The minimum absolute atomic E-state index is 0.187. The number of hydrogen-bond donors (Lipinski definition) is 0. The highest BCUT2D eigenvalue weighted by Crippen LogP contribution is 2.17. The van der Waals surface area contributed by atoms with E-state index in [0.717, 1.165) is 12.1 Å². The van der Waals surface area contributed by atoms with Gasteiger partial charge in [-0.2, -0.15) is 5.26 Å². The van der Waals surface area contributed by atoms with Crippen molar-refractivity contribution in [2.75, 3.05) is 6.61 Å². The van der Waals surface area contributed by atoms with Gasteiger partial charge in [0.05, 0.1) is 11.6 Å². The molecular formula is C15H9F2NO2. The number of Topliss-reactive ketones (excluding diaryl/α,β-unsaturated/α-hetero) is 1. The first-order valence-corrected chi connectivity index (χ1v) is 5.71. The molecule has 0 radical (unpaired) electrons. The van der Waals surface area contributed by atoms with E-state index < -0.39 is 11.6 Å². The van der Waals surface area contributed by atoms with Gasteiger partial charge in [0.2, 0.25) is 0 Å². The predicted octanol–water partition coefficient (Wildman–Crippen LogP) is 3.10. The van der Waals surface area contributed by atoms with E-state index in [1.807, 2.05) is 6.07 Å². The van der Waals surface area contributed by atoms with Gasteiger partial charge in [0.1, 0.15) is 5.82 Å². The fraction of sp³-hybridized carbons (Fsp3) is 0.0667. The Hall–Kier alpha value is -2.74. The van der Waals surface area contributed by atoms with Gasteiger partial charge in [0, 0.05) is 11.6 Å². The maximum absolute atomic E-state index is 13.3. The van der Waals surface area contributed by atoms with Crippen LogP contribution in [-0.2, 0) is 0 Å². The van der Waals surface area contributed by atoms with Crippen molar-refractivity contribution in [3.63, 3.8) is 0 Å². The van der Waals surface area contributed by atoms with Gasteiger partial charge >= 0.3 is 0 Å². The molecule has 0 N–H and O–H groups in total. The Bertz CT molecular complexity index is 675. The zero-order valence-corrected chi connectivity index (χ0v) is 10.3. The molecule has 0 aliphatic heterocycles. The van der Waals surface area contributed by atoms with Crippen LogP contribution in [-0.4, -0.2) is 12.4 Å². The van der Waals surface area contributed by atoms with Crippen LogP contribution in [0.15, 0.2) is 42.5 Å². The van der Waals surface area contributed by atoms with Gasteiger partial charge in [-0.15, -0.1) is 0 Å². The molecule has 100 valence electrons. The summed E-state index contributed by atoms with van der Waals surface area (Å²) in [6, 6.07) is 10.8. The van der Waals surface area contributed by atoms with Crippen molar-refractivity contribution >= 4 is 5.78 Å². The lowest BCUT2D eigenvalue weighted by Crippen LogP contribution is -2.12. The lowest BCUT2D eigenvalue weighted by molar-refractivity contribution is 0.0918. The second kappa shape index (κ2) is 5.93. The Morgan fingerprint density at radius 3 is 2.45 bits per heavy atom. The van der Waals surface area contributed by atoms with E-state index in [4.69, 9.17) is 10.00 Å². The fourth-order valence-electron chi connectivity index (χ4n) is 1.55. The number of carbonyl (C=O) groups excluding carboxylic acids is 1. The summed E-state index contributed by atoms with van der Waals surface area (Å²) in [4.78, 5) is 11.8. The van der Waals surface area contributed by atoms with Crippen LogP contribution in [0.2, 0.25) is 0 Å². The highest BCUT2D eigenvalue weighted by Gasteiger charge is 2.10. The van der Waals surface area contributed by atoms with Gasteiger partial charge in [-0.05, 0) is 36.4 Å². The SMILES string of the molecule is N#Cc1ccc(C(=O)COc2ccc(F)cc2F)cc1. The summed E-state index contributed by atoms with van der Waals surface area (Å²) in [5, 5.41) is 8.64. The molecule has 3 nitrogen and oxygen atoms in total. The topological polar surface area (TPSA) is 50.1 Å². The molecule has 2 rings (SSSR count). The molecule has 0 spiro atoms. The van der Waals surface area contributed by atoms with E-state index in [1.165, 1.54) is 24.3 Å². The van der Waals surface area contributed by atoms with E-state index >= 15 is 0 Å². The largest absolute Gasteiger partial charge is 0.482 e. The number of rotatable bonds is 4. The summed E-state index contributed by atoms with van der Waals surface area (Å²) >= 11 is 0. The number of nitriles is 1. The molecule has 20 heavy (non-hydrogen) atoms. The van der Waals surface area contributed by atoms with Crippen molar-refractivity contribution in [2.45, 2.75) is 0 Å². The van der Waals surface area contributed by atoms with Crippen molar-refractivity contribution in [1.82, 2.24) is 0 Å². The fourth-order valence-corrected chi connectivity index (χ4v) is 1.55. The van der Waals surface area contributed by atoms with Crippen LogP contribution in [0.1, 0.15) is 15.9 Å². The average molecular weight is 273 g/mol. The number of nitrogens with zero attached hydrogens (tertiary/aromatic N) is 1. The Kier molecular flexibility index (Phi) is 4.06. The van der Waals surface area contributed by atoms with Crippen LogP contribution in [0.5, 0.6) is 5.75 Å². The summed E-state index contributed by atoms with van der Waals surface area (Å²) < 4.78 is 31.0. The smallest absolute Gasteiger partial charge is 0.200 e. The normalized spacial score (nSPS) is 9.85. The molecule has 0 fully saturated rings. The molecule has 2 aromatic rings. The second-order valence-corrected chi connectivity index (χ2v) is 3.98. The quantitative estimate of drug-likeness (QED) is 0.804. The third-order valence-corrected chi connectivity index (χ3v) is 2.59. The highest BCUT2D eigenvalue weighted by molar-refractivity contribution is 5.97. The van der Waals surface area contributed by atoms with Gasteiger partial charge in [-0.25, -0.2) is 8.78 Å². The van der Waals surface area contributed by atoms with Gasteiger partial charge < -0.3 is 4.74 Å². The van der Waals surface area contributed by atoms with Crippen LogP contribution in [0.3, 0.4) is 0 Å². The van der Waals surface area contributed by atoms with Crippen molar-refractivity contribution < 1.29 is 18.3 Å². The zero-order chi connectivity index (χ0) is 14.5. The van der Waals surface area contributed by atoms with E-state index in [1.54, 1.807) is 0 Å². The highest BCUT2D eigenvalue weighted by atomic mass is 19.1. The molecule has 0 bridgehead atoms. The second-order valence-electron chi connectivity index (χ2n) is 3.98. The van der Waals surface area contributed by atoms with Gasteiger partial charge in [-0.3, -0.25) is 4.79 Å². The van der Waals surface area contributed by atoms with E-state index in [2.05, 4.69) is 0 Å². The Morgan fingerprint density at radius 2 is 1.85 bits per heavy atom. The van der Waals surface area contributed by atoms with Crippen LogP contribution in [0, 0.1) is 23.0 Å². The summed E-state index contributed by atoms with van der Waals surface area (Å²) in [5.74, 6) is -2.13. The molecule has 5 heteroatoms. The molecule has 2 aromatic carbocycles. The first-order chi connectivity index (χ1) is 9.60. The number of hydrogen-bond acceptors (Lipinski definition) is 3. The average Bonchev–Trinajstić information content (AvgIpc) is 2.46. The third kappa shape index (κ3) is 3.18. The van der Waals surface area contributed by atoms with E-state index in [0.29, 0.717) is 17.2 Å². The minimum Gasteiger partial charge on any atom is -0.482 e. The van der Waals surface area contributed by atoms with Crippen molar-refractivity contribution in [1.29, 1.82) is 5.26 Å². The van der Waals surface area contributed by atoms with Crippen LogP contribution in [0.4, 0.5) is 8.78 Å². The molecule has 0 amide bonds. The Balaban J connectivity index is 2.03. The number of ether oxygens (including phenoxy) is 1. The molecule has 0 aliphatic rings. The van der Waals surface area contributed by atoms with Crippen LogP contribution in [0.25, 0.3) is 0 Å². The summed E-state index contributed by atoms with van der Waals surface area (Å²) in [6.07, 6.45) is 0. The molecule has 0 aromatic heterocycles. The van der Waals surface area contributed by atoms with Crippen molar-refractivity contribution in [2.24, 2.45) is 0 Å². The monoisotopic (exact) mass is 273 g/mol. The van der Waals surface area contributed by atoms with Gasteiger partial charge in [-0.1, -0.05) is 0 Å². The zero-order valence-electron chi connectivity index (χ0n) is 10.3. The summed E-state index contributed by atoms with van der Waals surface area (Å²) in [5.41, 5.74) is 0.790.